The highest BCUT2D eigenvalue weighted by molar-refractivity contribution is 7.89. The molecule has 0 atom stereocenters. The average molecular weight is 472 g/mol. The van der Waals surface area contributed by atoms with Crippen molar-refractivity contribution in [2.45, 2.75) is 50.3 Å². The summed E-state index contributed by atoms with van der Waals surface area (Å²) in [4.78, 5) is 15.2. The second-order valence-corrected chi connectivity index (χ2v) is 10.7. The standard InChI is InChI=1S/C25H33N3O4S/c1-20-10-4-5-11-24(20)32-19-25(29)26-22-18-21(33(30,31)28-16-8-3-9-17-28)12-13-23(22)27-14-6-2-7-15-27/h4-5,10-13,18H,2-3,6-9,14-17,19H2,1H3,(H,26,29). The van der Waals surface area contributed by atoms with Crippen molar-refractivity contribution in [3.8, 4) is 5.75 Å². The molecule has 33 heavy (non-hydrogen) atoms. The number of aryl methyl sites for hydroxylation is 1. The lowest BCUT2D eigenvalue weighted by Gasteiger charge is -2.31. The quantitative estimate of drug-likeness (QED) is 0.656. The highest BCUT2D eigenvalue weighted by atomic mass is 32.2. The van der Waals surface area contributed by atoms with E-state index in [-0.39, 0.29) is 17.4 Å². The van der Waals surface area contributed by atoms with E-state index in [0.717, 1.165) is 56.4 Å². The highest BCUT2D eigenvalue weighted by Crippen LogP contribution is 2.32. The van der Waals surface area contributed by atoms with Crippen LogP contribution in [0.5, 0.6) is 5.75 Å². The topological polar surface area (TPSA) is 78.9 Å². The summed E-state index contributed by atoms with van der Waals surface area (Å²) in [6.45, 7) is 4.65. The monoisotopic (exact) mass is 471 g/mol. The fraction of sp³-hybridized carbons (Fsp3) is 0.480. The molecule has 178 valence electrons. The summed E-state index contributed by atoms with van der Waals surface area (Å²) in [6, 6.07) is 12.7. The second-order valence-electron chi connectivity index (χ2n) is 8.79. The predicted octanol–water partition coefficient (Wildman–Crippen LogP) is 4.18. The van der Waals surface area contributed by atoms with E-state index in [1.165, 1.54) is 6.42 Å². The predicted molar refractivity (Wildman–Crippen MR) is 130 cm³/mol. The molecule has 0 unspecified atom stereocenters. The molecule has 2 saturated heterocycles. The lowest BCUT2D eigenvalue weighted by Crippen LogP contribution is -2.36. The van der Waals surface area contributed by atoms with Crippen LogP contribution in [0.4, 0.5) is 11.4 Å². The van der Waals surface area contributed by atoms with E-state index in [9.17, 15) is 13.2 Å². The molecule has 2 aliphatic rings. The van der Waals surface area contributed by atoms with E-state index in [1.54, 1.807) is 16.4 Å². The van der Waals surface area contributed by atoms with Gasteiger partial charge in [-0.05, 0) is 68.9 Å². The molecule has 8 heteroatoms. The largest absolute Gasteiger partial charge is 0.483 e. The molecule has 1 amide bonds. The lowest BCUT2D eigenvalue weighted by molar-refractivity contribution is -0.118. The fourth-order valence-electron chi connectivity index (χ4n) is 4.49. The van der Waals surface area contributed by atoms with E-state index in [4.69, 9.17) is 4.74 Å². The number of hydrogen-bond donors (Lipinski definition) is 1. The van der Waals surface area contributed by atoms with E-state index in [0.29, 0.717) is 24.5 Å². The normalized spacial score (nSPS) is 17.5. The van der Waals surface area contributed by atoms with Crippen LogP contribution in [0.1, 0.15) is 44.1 Å². The molecule has 0 bridgehead atoms. The summed E-state index contributed by atoms with van der Waals surface area (Å²) in [7, 11) is -3.60. The number of carbonyl (C=O) groups excluding carboxylic acids is 1. The zero-order chi connectivity index (χ0) is 23.3. The van der Waals surface area contributed by atoms with Crippen LogP contribution >= 0.6 is 0 Å². The molecule has 7 nitrogen and oxygen atoms in total. The number of hydrogen-bond acceptors (Lipinski definition) is 5. The number of piperidine rings is 2. The first-order valence-corrected chi connectivity index (χ1v) is 13.3. The first-order chi connectivity index (χ1) is 15.9. The minimum atomic E-state index is -3.60. The van der Waals surface area contributed by atoms with Gasteiger partial charge in [0.05, 0.1) is 16.3 Å². The Labute approximate surface area is 196 Å². The molecular weight excluding hydrogens is 438 g/mol. The molecule has 2 fully saturated rings. The molecule has 1 N–H and O–H groups in total. The summed E-state index contributed by atoms with van der Waals surface area (Å²) in [5, 5.41) is 2.92. The molecule has 2 heterocycles. The van der Waals surface area contributed by atoms with Gasteiger partial charge >= 0.3 is 0 Å². The molecule has 2 aliphatic heterocycles. The Hall–Kier alpha value is -2.58. The van der Waals surface area contributed by atoms with Gasteiger partial charge in [0.1, 0.15) is 5.75 Å². The Kier molecular flexibility index (Phi) is 7.55. The SMILES string of the molecule is Cc1ccccc1OCC(=O)Nc1cc(S(=O)(=O)N2CCCCC2)ccc1N1CCCCC1. The molecule has 0 radical (unpaired) electrons. The summed E-state index contributed by atoms with van der Waals surface area (Å²) in [5.41, 5.74) is 2.33. The third kappa shape index (κ3) is 5.68. The van der Waals surface area contributed by atoms with Crippen LogP contribution in [0.3, 0.4) is 0 Å². The second kappa shape index (κ2) is 10.6. The van der Waals surface area contributed by atoms with Gasteiger partial charge < -0.3 is 15.0 Å². The summed E-state index contributed by atoms with van der Waals surface area (Å²) in [6.07, 6.45) is 6.16. The summed E-state index contributed by atoms with van der Waals surface area (Å²) < 4.78 is 33.7. The van der Waals surface area contributed by atoms with Crippen molar-refractivity contribution in [2.24, 2.45) is 0 Å². The van der Waals surface area contributed by atoms with Gasteiger partial charge in [-0.1, -0.05) is 24.6 Å². The number of anilines is 2. The first kappa shape index (κ1) is 23.6. The van der Waals surface area contributed by atoms with Crippen molar-refractivity contribution in [2.75, 3.05) is 43.0 Å². The van der Waals surface area contributed by atoms with Gasteiger partial charge in [-0.25, -0.2) is 8.42 Å². The third-order valence-corrected chi connectivity index (χ3v) is 8.24. The Bertz CT molecular complexity index is 1070. The summed E-state index contributed by atoms with van der Waals surface area (Å²) >= 11 is 0. The van der Waals surface area contributed by atoms with Crippen molar-refractivity contribution in [3.05, 3.63) is 48.0 Å². The summed E-state index contributed by atoms with van der Waals surface area (Å²) in [5.74, 6) is 0.342. The molecular formula is C25H33N3O4S. The van der Waals surface area contributed by atoms with E-state index >= 15 is 0 Å². The van der Waals surface area contributed by atoms with E-state index in [1.807, 2.05) is 37.3 Å². The minimum Gasteiger partial charge on any atom is -0.483 e. The number of nitrogens with one attached hydrogen (secondary N) is 1. The van der Waals surface area contributed by atoms with Crippen LogP contribution in [0.15, 0.2) is 47.4 Å². The Morgan fingerprint density at radius 1 is 0.939 bits per heavy atom. The van der Waals surface area contributed by atoms with Crippen molar-refractivity contribution < 1.29 is 17.9 Å². The van der Waals surface area contributed by atoms with Crippen LogP contribution < -0.4 is 15.0 Å². The number of sulfonamides is 1. The maximum Gasteiger partial charge on any atom is 0.262 e. The van der Waals surface area contributed by atoms with Gasteiger partial charge in [-0.3, -0.25) is 4.79 Å². The number of para-hydroxylation sites is 1. The van der Waals surface area contributed by atoms with Gasteiger partial charge in [0.2, 0.25) is 10.0 Å². The molecule has 4 rings (SSSR count). The van der Waals surface area contributed by atoms with E-state index in [2.05, 4.69) is 10.2 Å². The lowest BCUT2D eigenvalue weighted by atomic mass is 10.1. The van der Waals surface area contributed by atoms with Gasteiger partial charge in [0.15, 0.2) is 6.61 Å². The van der Waals surface area contributed by atoms with E-state index < -0.39 is 10.0 Å². The zero-order valence-corrected chi connectivity index (χ0v) is 20.1. The van der Waals surface area contributed by atoms with Crippen LogP contribution in [-0.4, -0.2) is 51.4 Å². The number of rotatable bonds is 7. The molecule has 0 spiro atoms. The maximum absolute atomic E-state index is 13.2. The number of amides is 1. The number of benzene rings is 2. The highest BCUT2D eigenvalue weighted by Gasteiger charge is 2.27. The fourth-order valence-corrected chi connectivity index (χ4v) is 6.03. The first-order valence-electron chi connectivity index (χ1n) is 11.8. The zero-order valence-electron chi connectivity index (χ0n) is 19.3. The molecule has 2 aromatic carbocycles. The molecule has 0 saturated carbocycles. The average Bonchev–Trinajstić information content (AvgIpc) is 2.84. The molecule has 2 aromatic rings. The Morgan fingerprint density at radius 2 is 1.61 bits per heavy atom. The molecule has 0 aromatic heterocycles. The van der Waals surface area contributed by atoms with Crippen molar-refractivity contribution in [1.29, 1.82) is 0 Å². The van der Waals surface area contributed by atoms with Crippen LogP contribution in [-0.2, 0) is 14.8 Å². The Balaban J connectivity index is 1.56. The number of ether oxygens (including phenoxy) is 1. The van der Waals surface area contributed by atoms with Crippen molar-refractivity contribution >= 4 is 27.3 Å². The number of carbonyl (C=O) groups is 1. The van der Waals surface area contributed by atoms with Gasteiger partial charge in [0, 0.05) is 26.2 Å². The number of nitrogens with zero attached hydrogens (tertiary/aromatic N) is 2. The van der Waals surface area contributed by atoms with Gasteiger partial charge in [0.25, 0.3) is 5.91 Å². The van der Waals surface area contributed by atoms with Gasteiger partial charge in [-0.15, -0.1) is 0 Å². The third-order valence-electron chi connectivity index (χ3n) is 6.34. The maximum atomic E-state index is 13.2. The molecule has 0 aliphatic carbocycles. The van der Waals surface area contributed by atoms with Crippen molar-refractivity contribution in [3.63, 3.8) is 0 Å². The Morgan fingerprint density at radius 3 is 2.30 bits per heavy atom. The van der Waals surface area contributed by atoms with Crippen molar-refractivity contribution in [1.82, 2.24) is 4.31 Å². The van der Waals surface area contributed by atoms with Crippen LogP contribution in [0, 0.1) is 6.92 Å². The van der Waals surface area contributed by atoms with Gasteiger partial charge in [-0.2, -0.15) is 4.31 Å². The minimum absolute atomic E-state index is 0.145. The smallest absolute Gasteiger partial charge is 0.262 e. The van der Waals surface area contributed by atoms with Crippen LogP contribution in [0.25, 0.3) is 0 Å². The van der Waals surface area contributed by atoms with Crippen LogP contribution in [0.2, 0.25) is 0 Å².